The molecule has 0 aliphatic rings. The minimum absolute atomic E-state index is 0.0386. The van der Waals surface area contributed by atoms with E-state index in [9.17, 15) is 14.9 Å². The zero-order chi connectivity index (χ0) is 20.9. The molecule has 0 aromatic carbocycles. The lowest BCUT2D eigenvalue weighted by molar-refractivity contribution is -0.122. The number of hydrogen-bond acceptors (Lipinski definition) is 7. The highest BCUT2D eigenvalue weighted by molar-refractivity contribution is 8.00. The van der Waals surface area contributed by atoms with Gasteiger partial charge in [0, 0.05) is 13.0 Å². The van der Waals surface area contributed by atoms with Gasteiger partial charge in [0.05, 0.1) is 16.2 Å². The van der Waals surface area contributed by atoms with E-state index < -0.39 is 16.7 Å². The van der Waals surface area contributed by atoms with Crippen molar-refractivity contribution in [3.05, 3.63) is 17.5 Å². The van der Waals surface area contributed by atoms with Crippen molar-refractivity contribution in [2.45, 2.75) is 56.6 Å². The average Bonchev–Trinajstić information content (AvgIpc) is 3.29. The Bertz CT molecular complexity index is 871. The summed E-state index contributed by atoms with van der Waals surface area (Å²) < 4.78 is 1.80. The van der Waals surface area contributed by atoms with Gasteiger partial charge in [0.25, 0.3) is 0 Å². The number of nitrogens with two attached hydrogens (primary N) is 1. The molecule has 2 atom stereocenters. The summed E-state index contributed by atoms with van der Waals surface area (Å²) >= 11 is 2.74. The first-order valence-corrected chi connectivity index (χ1v) is 10.6. The van der Waals surface area contributed by atoms with Crippen LogP contribution in [0.15, 0.2) is 22.7 Å². The van der Waals surface area contributed by atoms with Gasteiger partial charge in [-0.3, -0.25) is 9.59 Å². The normalized spacial score (nSPS) is 14.3. The molecule has 0 aliphatic carbocycles. The van der Waals surface area contributed by atoms with E-state index in [1.54, 1.807) is 18.4 Å². The summed E-state index contributed by atoms with van der Waals surface area (Å²) in [6.07, 6.45) is 0.143. The minimum atomic E-state index is -0.951. The zero-order valence-electron chi connectivity index (χ0n) is 16.3. The Kier molecular flexibility index (Phi) is 7.21. The van der Waals surface area contributed by atoms with E-state index in [0.717, 1.165) is 4.88 Å². The van der Waals surface area contributed by atoms with E-state index in [1.165, 1.54) is 23.1 Å². The van der Waals surface area contributed by atoms with Gasteiger partial charge in [-0.05, 0) is 31.2 Å². The summed E-state index contributed by atoms with van der Waals surface area (Å²) in [5.41, 5.74) is 4.35. The van der Waals surface area contributed by atoms with Crippen LogP contribution >= 0.6 is 23.1 Å². The van der Waals surface area contributed by atoms with Crippen LogP contribution in [0.2, 0.25) is 0 Å². The number of carbonyl (C=O) groups is 2. The summed E-state index contributed by atoms with van der Waals surface area (Å²) in [5, 5.41) is 22.6. The van der Waals surface area contributed by atoms with Crippen molar-refractivity contribution in [1.29, 1.82) is 5.26 Å². The Morgan fingerprint density at radius 3 is 2.68 bits per heavy atom. The van der Waals surface area contributed by atoms with Crippen molar-refractivity contribution in [2.75, 3.05) is 0 Å². The zero-order valence-corrected chi connectivity index (χ0v) is 17.9. The Morgan fingerprint density at radius 1 is 1.43 bits per heavy atom. The molecule has 2 unspecified atom stereocenters. The van der Waals surface area contributed by atoms with Gasteiger partial charge >= 0.3 is 0 Å². The molecule has 10 heteroatoms. The predicted octanol–water partition coefficient (Wildman–Crippen LogP) is 2.42. The standard InChI is InChI=1S/C18H24N6O2S2/c1-11(2)18(4,10-19)21-16(26)12(3)28-17-23-22-15(13-6-5-9-27-13)24(17)8-7-14(20)25/h5-6,9,11-12H,7-8H2,1-4H3,(H2,20,25)(H,21,26). The molecule has 2 aromatic heterocycles. The molecule has 0 aliphatic heterocycles. The molecule has 2 aromatic rings. The molecule has 2 heterocycles. The Labute approximate surface area is 172 Å². The van der Waals surface area contributed by atoms with Crippen LogP contribution in [0.25, 0.3) is 10.7 Å². The third-order valence-electron chi connectivity index (χ3n) is 4.46. The maximum Gasteiger partial charge on any atom is 0.234 e. The number of rotatable bonds is 9. The van der Waals surface area contributed by atoms with Gasteiger partial charge in [-0.25, -0.2) is 0 Å². The van der Waals surface area contributed by atoms with E-state index in [1.807, 2.05) is 31.4 Å². The van der Waals surface area contributed by atoms with E-state index in [0.29, 0.717) is 17.5 Å². The van der Waals surface area contributed by atoms with Crippen LogP contribution < -0.4 is 11.1 Å². The van der Waals surface area contributed by atoms with Gasteiger partial charge in [0.2, 0.25) is 11.8 Å². The summed E-state index contributed by atoms with van der Waals surface area (Å²) in [5.74, 6) is -0.0853. The molecular formula is C18H24N6O2S2. The molecule has 0 bridgehead atoms. The quantitative estimate of drug-likeness (QED) is 0.600. The van der Waals surface area contributed by atoms with Gasteiger partial charge < -0.3 is 15.6 Å². The highest BCUT2D eigenvalue weighted by atomic mass is 32.2. The number of carbonyl (C=O) groups excluding carboxylic acids is 2. The third kappa shape index (κ3) is 5.11. The van der Waals surface area contributed by atoms with Crippen molar-refractivity contribution in [1.82, 2.24) is 20.1 Å². The number of thioether (sulfide) groups is 1. The lowest BCUT2D eigenvalue weighted by Crippen LogP contribution is -2.51. The fourth-order valence-electron chi connectivity index (χ4n) is 2.26. The number of amides is 2. The molecule has 0 fully saturated rings. The number of nitriles is 1. The van der Waals surface area contributed by atoms with Crippen LogP contribution in [0.4, 0.5) is 0 Å². The number of hydrogen-bond donors (Lipinski definition) is 2. The number of primary amides is 1. The fourth-order valence-corrected chi connectivity index (χ4v) is 3.85. The SMILES string of the molecule is CC(Sc1nnc(-c2cccs2)n1CCC(N)=O)C(=O)NC(C)(C#N)C(C)C. The Morgan fingerprint density at radius 2 is 2.14 bits per heavy atom. The monoisotopic (exact) mass is 420 g/mol. The average molecular weight is 421 g/mol. The van der Waals surface area contributed by atoms with Crippen molar-refractivity contribution >= 4 is 34.9 Å². The maximum atomic E-state index is 12.6. The summed E-state index contributed by atoms with van der Waals surface area (Å²) in [6, 6.07) is 6.00. The molecular weight excluding hydrogens is 396 g/mol. The molecule has 0 saturated heterocycles. The van der Waals surface area contributed by atoms with Crippen LogP contribution in [0, 0.1) is 17.2 Å². The molecule has 2 rings (SSSR count). The number of nitrogens with zero attached hydrogens (tertiary/aromatic N) is 4. The van der Waals surface area contributed by atoms with E-state index in [4.69, 9.17) is 5.73 Å². The van der Waals surface area contributed by atoms with Gasteiger partial charge in [-0.1, -0.05) is 31.7 Å². The molecule has 2 amide bonds. The van der Waals surface area contributed by atoms with Crippen LogP contribution in [-0.2, 0) is 16.1 Å². The topological polar surface area (TPSA) is 127 Å². The number of nitrogens with one attached hydrogen (secondary N) is 1. The second-order valence-corrected chi connectivity index (χ2v) is 9.13. The smallest absolute Gasteiger partial charge is 0.234 e. The van der Waals surface area contributed by atoms with Gasteiger partial charge in [-0.15, -0.1) is 21.5 Å². The third-order valence-corrected chi connectivity index (χ3v) is 6.41. The van der Waals surface area contributed by atoms with E-state index in [-0.39, 0.29) is 18.2 Å². The molecule has 0 radical (unpaired) electrons. The van der Waals surface area contributed by atoms with Crippen molar-refractivity contribution in [3.63, 3.8) is 0 Å². The van der Waals surface area contributed by atoms with Crippen molar-refractivity contribution in [3.8, 4) is 16.8 Å². The first kappa shape index (κ1) is 21.9. The molecule has 8 nitrogen and oxygen atoms in total. The van der Waals surface area contributed by atoms with E-state index >= 15 is 0 Å². The second-order valence-electron chi connectivity index (χ2n) is 6.87. The van der Waals surface area contributed by atoms with Crippen LogP contribution in [-0.4, -0.2) is 37.4 Å². The first-order valence-electron chi connectivity index (χ1n) is 8.83. The Hall–Kier alpha value is -2.38. The summed E-state index contributed by atoms with van der Waals surface area (Å²) in [7, 11) is 0. The van der Waals surface area contributed by atoms with Gasteiger partial charge in [0.15, 0.2) is 11.0 Å². The highest BCUT2D eigenvalue weighted by Crippen LogP contribution is 2.30. The number of thiophene rings is 1. The molecule has 3 N–H and O–H groups in total. The minimum Gasteiger partial charge on any atom is -0.370 e. The Balaban J connectivity index is 2.21. The largest absolute Gasteiger partial charge is 0.370 e. The lowest BCUT2D eigenvalue weighted by atomic mass is 9.90. The van der Waals surface area contributed by atoms with Crippen molar-refractivity contribution in [2.24, 2.45) is 11.7 Å². The highest BCUT2D eigenvalue weighted by Gasteiger charge is 2.32. The number of aromatic nitrogens is 3. The lowest BCUT2D eigenvalue weighted by Gasteiger charge is -2.28. The molecule has 0 spiro atoms. The summed E-state index contributed by atoms with van der Waals surface area (Å²) in [6.45, 7) is 7.55. The molecule has 150 valence electrons. The van der Waals surface area contributed by atoms with Crippen LogP contribution in [0.1, 0.15) is 34.1 Å². The first-order chi connectivity index (χ1) is 13.2. The van der Waals surface area contributed by atoms with Crippen LogP contribution in [0.3, 0.4) is 0 Å². The molecule has 28 heavy (non-hydrogen) atoms. The molecule has 0 saturated carbocycles. The van der Waals surface area contributed by atoms with Gasteiger partial charge in [-0.2, -0.15) is 5.26 Å². The summed E-state index contributed by atoms with van der Waals surface area (Å²) in [4.78, 5) is 24.8. The van der Waals surface area contributed by atoms with Crippen molar-refractivity contribution < 1.29 is 9.59 Å². The predicted molar refractivity (Wildman–Crippen MR) is 109 cm³/mol. The fraction of sp³-hybridized carbons (Fsp3) is 0.500. The van der Waals surface area contributed by atoms with Crippen LogP contribution in [0.5, 0.6) is 0 Å². The van der Waals surface area contributed by atoms with E-state index in [2.05, 4.69) is 21.6 Å². The maximum absolute atomic E-state index is 12.6. The van der Waals surface area contributed by atoms with Gasteiger partial charge in [0.1, 0.15) is 5.54 Å². The second kappa shape index (κ2) is 9.21.